The SMILES string of the molecule is CCC/C=C\CCCCCCCCOC(C)=O. The Bertz CT molecular complexity index is 197. The maximum atomic E-state index is 10.5. The number of esters is 1. The molecule has 0 aromatic carbocycles. The Morgan fingerprint density at radius 2 is 1.53 bits per heavy atom. The van der Waals surface area contributed by atoms with E-state index in [4.69, 9.17) is 4.74 Å². The van der Waals surface area contributed by atoms with Crippen molar-refractivity contribution in [2.24, 2.45) is 0 Å². The molecule has 0 amide bonds. The summed E-state index contributed by atoms with van der Waals surface area (Å²) in [5.41, 5.74) is 0. The van der Waals surface area contributed by atoms with Crippen molar-refractivity contribution in [2.75, 3.05) is 6.61 Å². The first-order valence-corrected chi connectivity index (χ1v) is 7.05. The molecule has 0 unspecified atom stereocenters. The third-order valence-electron chi connectivity index (χ3n) is 2.69. The van der Waals surface area contributed by atoms with Gasteiger partial charge in [-0.25, -0.2) is 0 Å². The molecule has 0 atom stereocenters. The van der Waals surface area contributed by atoms with Crippen molar-refractivity contribution in [2.45, 2.75) is 71.6 Å². The van der Waals surface area contributed by atoms with Crippen LogP contribution in [-0.2, 0) is 9.53 Å². The van der Waals surface area contributed by atoms with Crippen LogP contribution in [-0.4, -0.2) is 12.6 Å². The van der Waals surface area contributed by atoms with Crippen LogP contribution in [0.3, 0.4) is 0 Å². The highest BCUT2D eigenvalue weighted by Crippen LogP contribution is 2.08. The minimum atomic E-state index is -0.163. The van der Waals surface area contributed by atoms with Gasteiger partial charge in [0, 0.05) is 6.92 Å². The Morgan fingerprint density at radius 1 is 0.941 bits per heavy atom. The van der Waals surface area contributed by atoms with Gasteiger partial charge in [0.2, 0.25) is 0 Å². The zero-order valence-corrected chi connectivity index (χ0v) is 11.5. The van der Waals surface area contributed by atoms with Crippen LogP contribution in [0.2, 0.25) is 0 Å². The number of carbonyl (C=O) groups excluding carboxylic acids is 1. The lowest BCUT2D eigenvalue weighted by molar-refractivity contribution is -0.141. The molecule has 0 aliphatic rings. The lowest BCUT2D eigenvalue weighted by atomic mass is 10.1. The van der Waals surface area contributed by atoms with Crippen molar-refractivity contribution in [3.63, 3.8) is 0 Å². The summed E-state index contributed by atoms with van der Waals surface area (Å²) in [4.78, 5) is 10.5. The van der Waals surface area contributed by atoms with Crippen LogP contribution in [0.25, 0.3) is 0 Å². The van der Waals surface area contributed by atoms with Crippen molar-refractivity contribution in [3.05, 3.63) is 12.2 Å². The number of unbranched alkanes of at least 4 members (excludes halogenated alkanes) is 7. The summed E-state index contributed by atoms with van der Waals surface area (Å²) in [7, 11) is 0. The number of rotatable bonds is 11. The minimum Gasteiger partial charge on any atom is -0.466 e. The van der Waals surface area contributed by atoms with Crippen molar-refractivity contribution < 1.29 is 9.53 Å². The van der Waals surface area contributed by atoms with E-state index in [0.717, 1.165) is 6.42 Å². The molecule has 0 saturated heterocycles. The quantitative estimate of drug-likeness (QED) is 0.299. The molecule has 0 bridgehead atoms. The lowest BCUT2D eigenvalue weighted by Crippen LogP contribution is -1.99. The first-order valence-electron chi connectivity index (χ1n) is 7.05. The van der Waals surface area contributed by atoms with Crippen molar-refractivity contribution in [1.29, 1.82) is 0 Å². The molecule has 0 aromatic heterocycles. The fraction of sp³-hybridized carbons (Fsp3) is 0.800. The lowest BCUT2D eigenvalue weighted by Gasteiger charge is -2.02. The summed E-state index contributed by atoms with van der Waals surface area (Å²) in [5.74, 6) is -0.163. The standard InChI is InChI=1S/C15H28O2/c1-3-4-5-6-7-8-9-10-11-12-13-14-17-15(2)16/h5-6H,3-4,7-14H2,1-2H3/b6-5-. The fourth-order valence-electron chi connectivity index (χ4n) is 1.69. The Balaban J connectivity index is 3.01. The molecule has 2 heteroatoms. The van der Waals surface area contributed by atoms with Crippen molar-refractivity contribution in [3.8, 4) is 0 Å². The third kappa shape index (κ3) is 15.2. The Kier molecular flexibility index (Phi) is 12.7. The summed E-state index contributed by atoms with van der Waals surface area (Å²) in [6.45, 7) is 4.27. The molecule has 0 saturated carbocycles. The summed E-state index contributed by atoms with van der Waals surface area (Å²) < 4.78 is 4.88. The molecule has 2 nitrogen and oxygen atoms in total. The van der Waals surface area contributed by atoms with Crippen LogP contribution in [0.15, 0.2) is 12.2 Å². The minimum absolute atomic E-state index is 0.163. The van der Waals surface area contributed by atoms with Gasteiger partial charge in [-0.05, 0) is 25.7 Å². The second kappa shape index (κ2) is 13.3. The zero-order chi connectivity index (χ0) is 12.8. The number of ether oxygens (including phenoxy) is 1. The maximum Gasteiger partial charge on any atom is 0.302 e. The van der Waals surface area contributed by atoms with E-state index in [0.29, 0.717) is 6.61 Å². The molecular formula is C15H28O2. The smallest absolute Gasteiger partial charge is 0.302 e. The topological polar surface area (TPSA) is 26.3 Å². The van der Waals surface area contributed by atoms with Crippen LogP contribution < -0.4 is 0 Å². The van der Waals surface area contributed by atoms with Gasteiger partial charge in [-0.15, -0.1) is 0 Å². The second-order valence-corrected chi connectivity index (χ2v) is 4.51. The van der Waals surface area contributed by atoms with Crippen molar-refractivity contribution >= 4 is 5.97 Å². The van der Waals surface area contributed by atoms with Crippen LogP contribution >= 0.6 is 0 Å². The van der Waals surface area contributed by atoms with E-state index in [-0.39, 0.29) is 5.97 Å². The Morgan fingerprint density at radius 3 is 2.18 bits per heavy atom. The predicted molar refractivity (Wildman–Crippen MR) is 73.0 cm³/mol. The molecule has 0 aromatic rings. The van der Waals surface area contributed by atoms with Gasteiger partial charge in [0.05, 0.1) is 6.61 Å². The molecule has 17 heavy (non-hydrogen) atoms. The third-order valence-corrected chi connectivity index (χ3v) is 2.69. The van der Waals surface area contributed by atoms with Crippen LogP contribution in [0.5, 0.6) is 0 Å². The highest BCUT2D eigenvalue weighted by molar-refractivity contribution is 5.65. The first-order chi connectivity index (χ1) is 8.27. The number of allylic oxidation sites excluding steroid dienone is 2. The summed E-state index contributed by atoms with van der Waals surface area (Å²) >= 11 is 0. The zero-order valence-electron chi connectivity index (χ0n) is 11.5. The molecular weight excluding hydrogens is 212 g/mol. The van der Waals surface area contributed by atoms with Gasteiger partial charge in [-0.2, -0.15) is 0 Å². The molecule has 0 fully saturated rings. The van der Waals surface area contributed by atoms with Gasteiger partial charge in [-0.1, -0.05) is 51.2 Å². The van der Waals surface area contributed by atoms with Crippen LogP contribution in [0.1, 0.15) is 71.6 Å². The van der Waals surface area contributed by atoms with Gasteiger partial charge in [0.1, 0.15) is 0 Å². The Labute approximate surface area is 106 Å². The van der Waals surface area contributed by atoms with Gasteiger partial charge < -0.3 is 4.74 Å². The number of hydrogen-bond acceptors (Lipinski definition) is 2. The largest absolute Gasteiger partial charge is 0.466 e. The van der Waals surface area contributed by atoms with E-state index in [1.165, 1.54) is 58.3 Å². The monoisotopic (exact) mass is 240 g/mol. The fourth-order valence-corrected chi connectivity index (χ4v) is 1.69. The van der Waals surface area contributed by atoms with E-state index in [9.17, 15) is 4.79 Å². The predicted octanol–water partition coefficient (Wildman–Crippen LogP) is 4.64. The number of carbonyl (C=O) groups is 1. The highest BCUT2D eigenvalue weighted by Gasteiger charge is 1.93. The normalized spacial score (nSPS) is 10.9. The molecule has 0 heterocycles. The first kappa shape index (κ1) is 16.2. The molecule has 0 aliphatic heterocycles. The average Bonchev–Trinajstić information content (AvgIpc) is 2.30. The van der Waals surface area contributed by atoms with Gasteiger partial charge in [0.15, 0.2) is 0 Å². The van der Waals surface area contributed by atoms with Crippen LogP contribution in [0.4, 0.5) is 0 Å². The van der Waals surface area contributed by atoms with E-state index in [1.807, 2.05) is 0 Å². The molecule has 0 rings (SSSR count). The molecule has 0 N–H and O–H groups in total. The number of hydrogen-bond donors (Lipinski definition) is 0. The van der Waals surface area contributed by atoms with Gasteiger partial charge in [-0.3, -0.25) is 4.79 Å². The summed E-state index contributed by atoms with van der Waals surface area (Å²) in [6.07, 6.45) is 15.7. The Hall–Kier alpha value is -0.790. The van der Waals surface area contributed by atoms with Crippen LogP contribution in [0, 0.1) is 0 Å². The molecule has 100 valence electrons. The molecule has 0 aliphatic carbocycles. The average molecular weight is 240 g/mol. The molecule has 0 radical (unpaired) electrons. The van der Waals surface area contributed by atoms with E-state index < -0.39 is 0 Å². The van der Waals surface area contributed by atoms with E-state index in [1.54, 1.807) is 0 Å². The van der Waals surface area contributed by atoms with E-state index >= 15 is 0 Å². The van der Waals surface area contributed by atoms with E-state index in [2.05, 4.69) is 19.1 Å². The molecule has 0 spiro atoms. The highest BCUT2D eigenvalue weighted by atomic mass is 16.5. The second-order valence-electron chi connectivity index (χ2n) is 4.51. The maximum absolute atomic E-state index is 10.5. The van der Waals surface area contributed by atoms with Gasteiger partial charge >= 0.3 is 5.97 Å². The van der Waals surface area contributed by atoms with Crippen molar-refractivity contribution in [1.82, 2.24) is 0 Å². The summed E-state index contributed by atoms with van der Waals surface area (Å²) in [6, 6.07) is 0. The summed E-state index contributed by atoms with van der Waals surface area (Å²) in [5, 5.41) is 0. The van der Waals surface area contributed by atoms with Gasteiger partial charge in [0.25, 0.3) is 0 Å².